The van der Waals surface area contributed by atoms with Gasteiger partial charge in [-0.25, -0.2) is 18.5 Å². The lowest BCUT2D eigenvalue weighted by molar-refractivity contribution is -0.117. The molecule has 4 rings (SSSR count). The van der Waals surface area contributed by atoms with Crippen molar-refractivity contribution in [2.75, 3.05) is 11.4 Å². The Morgan fingerprint density at radius 2 is 1.96 bits per heavy atom. The molecule has 6 nitrogen and oxygen atoms in total. The summed E-state index contributed by atoms with van der Waals surface area (Å²) in [6.07, 6.45) is 0.816. The lowest BCUT2D eigenvalue weighted by Crippen LogP contribution is -2.30. The van der Waals surface area contributed by atoms with Gasteiger partial charge < -0.3 is 4.90 Å². The molecule has 0 unspecified atom stereocenters. The Bertz CT molecular complexity index is 1110. The van der Waals surface area contributed by atoms with Crippen LogP contribution in [-0.4, -0.2) is 25.9 Å². The highest BCUT2D eigenvalue weighted by Gasteiger charge is 2.26. The molecule has 2 heterocycles. The Kier molecular flexibility index (Phi) is 4.55. The zero-order valence-corrected chi connectivity index (χ0v) is 16.0. The molecule has 1 amide bonds. The highest BCUT2D eigenvalue weighted by atomic mass is 32.2. The normalized spacial score (nSPS) is 13.6. The second kappa shape index (κ2) is 6.88. The fraction of sp³-hybridized carbons (Fsp3) is 0.158. The molecule has 1 aromatic heterocycles. The molecule has 0 saturated carbocycles. The molecule has 0 spiro atoms. The van der Waals surface area contributed by atoms with Crippen LogP contribution in [-0.2, 0) is 27.7 Å². The van der Waals surface area contributed by atoms with Crippen molar-refractivity contribution in [3.05, 3.63) is 65.2 Å². The van der Waals surface area contributed by atoms with Gasteiger partial charge in [-0.05, 0) is 30.2 Å². The standard InChI is InChI=1S/C19H17N3O3S2/c20-27(24,25)16-6-7-17-14(10-16)8-9-22(17)18(23)11-15-12-26-19(21-15)13-4-2-1-3-5-13/h1-7,10,12H,8-9,11H2,(H2,20,24,25). The zero-order valence-electron chi connectivity index (χ0n) is 14.3. The molecule has 1 aliphatic heterocycles. The number of carbonyl (C=O) groups is 1. The SMILES string of the molecule is NS(=O)(=O)c1ccc2c(c1)CCN2C(=O)Cc1csc(-c2ccccc2)n1. The van der Waals surface area contributed by atoms with Crippen LogP contribution in [0.25, 0.3) is 10.6 Å². The number of sulfonamides is 1. The van der Waals surface area contributed by atoms with Crippen LogP contribution in [0, 0.1) is 0 Å². The van der Waals surface area contributed by atoms with Gasteiger partial charge in [0.15, 0.2) is 0 Å². The van der Waals surface area contributed by atoms with Gasteiger partial charge in [0, 0.05) is 23.2 Å². The van der Waals surface area contributed by atoms with Gasteiger partial charge in [-0.15, -0.1) is 11.3 Å². The van der Waals surface area contributed by atoms with E-state index in [1.807, 2.05) is 35.7 Å². The average Bonchev–Trinajstić information content (AvgIpc) is 3.28. The molecule has 27 heavy (non-hydrogen) atoms. The van der Waals surface area contributed by atoms with Crippen LogP contribution < -0.4 is 10.0 Å². The number of anilines is 1. The molecular weight excluding hydrogens is 382 g/mol. The van der Waals surface area contributed by atoms with Crippen LogP contribution in [0.4, 0.5) is 5.69 Å². The third-order valence-corrected chi connectivity index (χ3v) is 6.33. The van der Waals surface area contributed by atoms with Crippen LogP contribution in [0.2, 0.25) is 0 Å². The molecule has 0 radical (unpaired) electrons. The van der Waals surface area contributed by atoms with Crippen LogP contribution in [0.5, 0.6) is 0 Å². The van der Waals surface area contributed by atoms with E-state index >= 15 is 0 Å². The second-order valence-electron chi connectivity index (χ2n) is 6.32. The lowest BCUT2D eigenvalue weighted by Gasteiger charge is -2.17. The molecule has 0 fully saturated rings. The predicted molar refractivity (Wildman–Crippen MR) is 105 cm³/mol. The van der Waals surface area contributed by atoms with Gasteiger partial charge in [0.25, 0.3) is 0 Å². The number of rotatable bonds is 4. The van der Waals surface area contributed by atoms with Crippen molar-refractivity contribution in [1.29, 1.82) is 0 Å². The first-order chi connectivity index (χ1) is 12.9. The molecular formula is C19H17N3O3S2. The Balaban J connectivity index is 1.52. The Morgan fingerprint density at radius 1 is 1.19 bits per heavy atom. The number of hydrogen-bond donors (Lipinski definition) is 1. The Labute approximate surface area is 161 Å². The van der Waals surface area contributed by atoms with Gasteiger partial charge >= 0.3 is 0 Å². The van der Waals surface area contributed by atoms with Crippen molar-refractivity contribution in [3.8, 4) is 10.6 Å². The van der Waals surface area contributed by atoms with Crippen LogP contribution >= 0.6 is 11.3 Å². The maximum Gasteiger partial charge on any atom is 0.238 e. The summed E-state index contributed by atoms with van der Waals surface area (Å²) in [6, 6.07) is 14.5. The number of carbonyl (C=O) groups excluding carboxylic acids is 1. The third kappa shape index (κ3) is 3.64. The van der Waals surface area contributed by atoms with Gasteiger partial charge in [0.05, 0.1) is 17.0 Å². The first-order valence-electron chi connectivity index (χ1n) is 8.38. The molecule has 1 aliphatic rings. The molecule has 0 aliphatic carbocycles. The van der Waals surface area contributed by atoms with E-state index < -0.39 is 10.0 Å². The van der Waals surface area contributed by atoms with Crippen LogP contribution in [0.1, 0.15) is 11.3 Å². The van der Waals surface area contributed by atoms with Gasteiger partial charge in [0.1, 0.15) is 5.01 Å². The van der Waals surface area contributed by atoms with E-state index in [4.69, 9.17) is 5.14 Å². The quantitative estimate of drug-likeness (QED) is 0.730. The molecule has 2 aromatic carbocycles. The van der Waals surface area contributed by atoms with E-state index in [1.54, 1.807) is 17.0 Å². The first kappa shape index (κ1) is 17.8. The molecule has 0 bridgehead atoms. The van der Waals surface area contributed by atoms with Crippen molar-refractivity contribution < 1.29 is 13.2 Å². The number of aromatic nitrogens is 1. The second-order valence-corrected chi connectivity index (χ2v) is 8.74. The van der Waals surface area contributed by atoms with Crippen molar-refractivity contribution in [2.45, 2.75) is 17.7 Å². The van der Waals surface area contributed by atoms with Crippen LogP contribution in [0.3, 0.4) is 0 Å². The predicted octanol–water partition coefficient (Wildman–Crippen LogP) is 2.59. The van der Waals surface area contributed by atoms with E-state index in [2.05, 4.69) is 4.98 Å². The maximum absolute atomic E-state index is 12.8. The fourth-order valence-electron chi connectivity index (χ4n) is 3.17. The summed E-state index contributed by atoms with van der Waals surface area (Å²) in [5, 5.41) is 7.97. The minimum Gasteiger partial charge on any atom is -0.311 e. The number of benzene rings is 2. The summed E-state index contributed by atoms with van der Waals surface area (Å²) < 4.78 is 23.0. The summed E-state index contributed by atoms with van der Waals surface area (Å²) in [5.74, 6) is -0.0537. The Hall–Kier alpha value is -2.55. The maximum atomic E-state index is 12.8. The summed E-state index contributed by atoms with van der Waals surface area (Å²) >= 11 is 1.52. The fourth-order valence-corrected chi connectivity index (χ4v) is 4.56. The molecule has 138 valence electrons. The highest BCUT2D eigenvalue weighted by molar-refractivity contribution is 7.89. The van der Waals surface area contributed by atoms with E-state index in [0.717, 1.165) is 27.5 Å². The summed E-state index contributed by atoms with van der Waals surface area (Å²) in [7, 11) is -3.75. The number of thiazole rings is 1. The number of nitrogens with zero attached hydrogens (tertiary/aromatic N) is 2. The minimum atomic E-state index is -3.75. The number of hydrogen-bond acceptors (Lipinski definition) is 5. The van der Waals surface area contributed by atoms with Crippen molar-refractivity contribution in [3.63, 3.8) is 0 Å². The average molecular weight is 399 g/mol. The molecule has 0 atom stereocenters. The van der Waals surface area contributed by atoms with Gasteiger partial charge in [0.2, 0.25) is 15.9 Å². The van der Waals surface area contributed by atoms with Crippen molar-refractivity contribution in [1.82, 2.24) is 4.98 Å². The number of amides is 1. The van der Waals surface area contributed by atoms with Gasteiger partial charge in [-0.3, -0.25) is 4.79 Å². The van der Waals surface area contributed by atoms with E-state index in [1.165, 1.54) is 17.4 Å². The van der Waals surface area contributed by atoms with Crippen LogP contribution in [0.15, 0.2) is 58.8 Å². The lowest BCUT2D eigenvalue weighted by atomic mass is 10.2. The summed E-state index contributed by atoms with van der Waals surface area (Å²) in [6.45, 7) is 0.526. The monoisotopic (exact) mass is 399 g/mol. The first-order valence-corrected chi connectivity index (χ1v) is 10.8. The topological polar surface area (TPSA) is 93.4 Å². The van der Waals surface area contributed by atoms with Crippen molar-refractivity contribution >= 4 is 33.0 Å². The number of fused-ring (bicyclic) bond motifs is 1. The number of nitrogens with two attached hydrogens (primary N) is 1. The highest BCUT2D eigenvalue weighted by Crippen LogP contribution is 2.31. The van der Waals surface area contributed by atoms with Gasteiger partial charge in [-0.2, -0.15) is 0 Å². The molecule has 3 aromatic rings. The minimum absolute atomic E-state index is 0.0537. The summed E-state index contributed by atoms with van der Waals surface area (Å²) in [5.41, 5.74) is 3.32. The number of primary sulfonamides is 1. The van der Waals surface area contributed by atoms with E-state index in [-0.39, 0.29) is 17.2 Å². The van der Waals surface area contributed by atoms with Crippen molar-refractivity contribution in [2.24, 2.45) is 5.14 Å². The smallest absolute Gasteiger partial charge is 0.238 e. The van der Waals surface area contributed by atoms with E-state index in [0.29, 0.717) is 13.0 Å². The summed E-state index contributed by atoms with van der Waals surface area (Å²) in [4.78, 5) is 19.1. The van der Waals surface area contributed by atoms with Gasteiger partial charge in [-0.1, -0.05) is 30.3 Å². The zero-order chi connectivity index (χ0) is 19.0. The molecule has 0 saturated heterocycles. The Morgan fingerprint density at radius 3 is 2.70 bits per heavy atom. The van der Waals surface area contributed by atoms with E-state index in [9.17, 15) is 13.2 Å². The largest absolute Gasteiger partial charge is 0.311 e. The molecule has 8 heteroatoms. The molecule has 2 N–H and O–H groups in total. The third-order valence-electron chi connectivity index (χ3n) is 4.48.